The van der Waals surface area contributed by atoms with E-state index in [0.717, 1.165) is 12.0 Å². The summed E-state index contributed by atoms with van der Waals surface area (Å²) in [5, 5.41) is 0.666. The van der Waals surface area contributed by atoms with Crippen molar-refractivity contribution in [2.45, 2.75) is 31.3 Å². The van der Waals surface area contributed by atoms with Gasteiger partial charge in [0.1, 0.15) is 0 Å². The molecule has 110 valence electrons. The van der Waals surface area contributed by atoms with E-state index < -0.39 is 0 Å². The number of methoxy groups -OCH3 is 1. The summed E-state index contributed by atoms with van der Waals surface area (Å²) >= 11 is 6.28. The number of halogens is 1. The molecular weight excluding hydrogens is 276 g/mol. The van der Waals surface area contributed by atoms with Crippen LogP contribution in [-0.2, 0) is 9.53 Å². The average molecular weight is 297 g/mol. The monoisotopic (exact) mass is 296 g/mol. The first kappa shape index (κ1) is 15.3. The zero-order valence-corrected chi connectivity index (χ0v) is 12.5. The van der Waals surface area contributed by atoms with Crippen LogP contribution in [0, 0.1) is 0 Å². The van der Waals surface area contributed by atoms with Gasteiger partial charge in [-0.05, 0) is 24.5 Å². The zero-order chi connectivity index (χ0) is 14.5. The Labute approximate surface area is 124 Å². The first-order valence-electron chi connectivity index (χ1n) is 6.93. The zero-order valence-electron chi connectivity index (χ0n) is 11.7. The number of carbonyl (C=O) groups is 1. The maximum atomic E-state index is 12.2. The SMILES string of the molecule is COCCCN1C(=O)CCC(N)C1c1ccccc1Cl. The van der Waals surface area contributed by atoms with Crippen LogP contribution in [-0.4, -0.2) is 37.1 Å². The van der Waals surface area contributed by atoms with Crippen LogP contribution in [0.15, 0.2) is 24.3 Å². The summed E-state index contributed by atoms with van der Waals surface area (Å²) in [6.07, 6.45) is 2.01. The van der Waals surface area contributed by atoms with E-state index in [1.165, 1.54) is 0 Å². The highest BCUT2D eigenvalue weighted by atomic mass is 35.5. The molecule has 0 bridgehead atoms. The van der Waals surface area contributed by atoms with Crippen molar-refractivity contribution in [3.8, 4) is 0 Å². The summed E-state index contributed by atoms with van der Waals surface area (Å²) in [5.41, 5.74) is 7.19. The van der Waals surface area contributed by atoms with Crippen LogP contribution >= 0.6 is 11.6 Å². The molecule has 1 fully saturated rings. The van der Waals surface area contributed by atoms with E-state index in [1.54, 1.807) is 7.11 Å². The molecule has 20 heavy (non-hydrogen) atoms. The van der Waals surface area contributed by atoms with E-state index >= 15 is 0 Å². The van der Waals surface area contributed by atoms with Gasteiger partial charge in [0.05, 0.1) is 6.04 Å². The van der Waals surface area contributed by atoms with Crippen molar-refractivity contribution in [2.24, 2.45) is 5.73 Å². The van der Waals surface area contributed by atoms with Gasteiger partial charge in [-0.2, -0.15) is 0 Å². The van der Waals surface area contributed by atoms with Crippen LogP contribution in [0.2, 0.25) is 5.02 Å². The number of benzene rings is 1. The van der Waals surface area contributed by atoms with E-state index in [2.05, 4.69) is 0 Å². The van der Waals surface area contributed by atoms with Crippen molar-refractivity contribution in [2.75, 3.05) is 20.3 Å². The Kier molecular flexibility index (Phi) is 5.40. The highest BCUT2D eigenvalue weighted by Gasteiger charge is 2.35. The lowest BCUT2D eigenvalue weighted by Crippen LogP contribution is -2.49. The fourth-order valence-electron chi connectivity index (χ4n) is 2.73. The minimum atomic E-state index is -0.137. The quantitative estimate of drug-likeness (QED) is 0.849. The first-order valence-corrected chi connectivity index (χ1v) is 7.31. The van der Waals surface area contributed by atoms with E-state index in [0.29, 0.717) is 31.0 Å². The van der Waals surface area contributed by atoms with Crippen LogP contribution in [0.4, 0.5) is 0 Å². The van der Waals surface area contributed by atoms with Gasteiger partial charge in [-0.3, -0.25) is 4.79 Å². The van der Waals surface area contributed by atoms with Crippen LogP contribution in [0.25, 0.3) is 0 Å². The van der Waals surface area contributed by atoms with Gasteiger partial charge in [-0.1, -0.05) is 29.8 Å². The molecule has 0 aromatic heterocycles. The first-order chi connectivity index (χ1) is 9.65. The molecule has 0 saturated carbocycles. The Morgan fingerprint density at radius 1 is 1.45 bits per heavy atom. The molecule has 0 spiro atoms. The predicted octanol–water partition coefficient (Wildman–Crippen LogP) is 2.37. The number of nitrogens with zero attached hydrogens (tertiary/aromatic N) is 1. The van der Waals surface area contributed by atoms with Gasteiger partial charge in [-0.25, -0.2) is 0 Å². The van der Waals surface area contributed by atoms with Crippen molar-refractivity contribution in [3.05, 3.63) is 34.9 Å². The molecular formula is C15H21ClN2O2. The van der Waals surface area contributed by atoms with Gasteiger partial charge in [0, 0.05) is 37.7 Å². The fourth-order valence-corrected chi connectivity index (χ4v) is 2.98. The number of hydrogen-bond acceptors (Lipinski definition) is 3. The summed E-state index contributed by atoms with van der Waals surface area (Å²) < 4.78 is 5.06. The molecule has 2 unspecified atom stereocenters. The highest BCUT2D eigenvalue weighted by Crippen LogP contribution is 2.34. The number of ether oxygens (including phenoxy) is 1. The maximum Gasteiger partial charge on any atom is 0.223 e. The molecule has 1 amide bonds. The van der Waals surface area contributed by atoms with E-state index in [9.17, 15) is 4.79 Å². The van der Waals surface area contributed by atoms with Crippen molar-refractivity contribution >= 4 is 17.5 Å². The summed E-state index contributed by atoms with van der Waals surface area (Å²) in [6, 6.07) is 7.40. The number of piperidine rings is 1. The summed E-state index contributed by atoms with van der Waals surface area (Å²) in [7, 11) is 1.66. The summed E-state index contributed by atoms with van der Waals surface area (Å²) in [6.45, 7) is 1.28. The maximum absolute atomic E-state index is 12.2. The minimum absolute atomic E-state index is 0.0739. The third-order valence-electron chi connectivity index (χ3n) is 3.72. The number of rotatable bonds is 5. The molecule has 2 rings (SSSR count). The highest BCUT2D eigenvalue weighted by molar-refractivity contribution is 6.31. The molecule has 1 heterocycles. The second-order valence-corrected chi connectivity index (χ2v) is 5.51. The number of amides is 1. The van der Waals surface area contributed by atoms with Gasteiger partial charge in [0.2, 0.25) is 5.91 Å². The van der Waals surface area contributed by atoms with Crippen molar-refractivity contribution in [3.63, 3.8) is 0 Å². The number of hydrogen-bond donors (Lipinski definition) is 1. The van der Waals surface area contributed by atoms with Crippen LogP contribution < -0.4 is 5.73 Å². The molecule has 1 aromatic rings. The molecule has 4 nitrogen and oxygen atoms in total. The number of nitrogens with two attached hydrogens (primary N) is 1. The number of likely N-dealkylation sites (tertiary alicyclic amines) is 1. The van der Waals surface area contributed by atoms with E-state index in [-0.39, 0.29) is 18.0 Å². The van der Waals surface area contributed by atoms with E-state index in [4.69, 9.17) is 22.1 Å². The van der Waals surface area contributed by atoms with Gasteiger partial charge in [0.25, 0.3) is 0 Å². The Bertz CT molecular complexity index is 467. The Balaban J connectivity index is 2.24. The summed E-state index contributed by atoms with van der Waals surface area (Å²) in [5.74, 6) is 0.146. The van der Waals surface area contributed by atoms with Gasteiger partial charge in [-0.15, -0.1) is 0 Å². The largest absolute Gasteiger partial charge is 0.385 e. The van der Waals surface area contributed by atoms with Crippen LogP contribution in [0.5, 0.6) is 0 Å². The van der Waals surface area contributed by atoms with E-state index in [1.807, 2.05) is 29.2 Å². The molecule has 1 aliphatic heterocycles. The van der Waals surface area contributed by atoms with Crippen molar-refractivity contribution < 1.29 is 9.53 Å². The smallest absolute Gasteiger partial charge is 0.223 e. The normalized spacial score (nSPS) is 23.1. The van der Waals surface area contributed by atoms with Crippen LogP contribution in [0.1, 0.15) is 30.9 Å². The molecule has 1 saturated heterocycles. The van der Waals surface area contributed by atoms with Gasteiger partial charge < -0.3 is 15.4 Å². The molecule has 1 aliphatic rings. The second kappa shape index (κ2) is 7.07. The molecule has 1 aromatic carbocycles. The lowest BCUT2D eigenvalue weighted by atomic mass is 9.90. The Hall–Kier alpha value is -1.10. The van der Waals surface area contributed by atoms with Crippen LogP contribution in [0.3, 0.4) is 0 Å². The van der Waals surface area contributed by atoms with Gasteiger partial charge >= 0.3 is 0 Å². The molecule has 0 radical (unpaired) electrons. The van der Waals surface area contributed by atoms with Crippen molar-refractivity contribution in [1.82, 2.24) is 4.90 Å². The lowest BCUT2D eigenvalue weighted by molar-refractivity contribution is -0.137. The van der Waals surface area contributed by atoms with Crippen molar-refractivity contribution in [1.29, 1.82) is 0 Å². The van der Waals surface area contributed by atoms with Gasteiger partial charge in [0.15, 0.2) is 0 Å². The molecule has 2 N–H and O–H groups in total. The second-order valence-electron chi connectivity index (χ2n) is 5.10. The Morgan fingerprint density at radius 2 is 2.20 bits per heavy atom. The molecule has 2 atom stereocenters. The predicted molar refractivity (Wildman–Crippen MR) is 79.6 cm³/mol. The minimum Gasteiger partial charge on any atom is -0.385 e. The Morgan fingerprint density at radius 3 is 2.90 bits per heavy atom. The molecule has 0 aliphatic carbocycles. The summed E-state index contributed by atoms with van der Waals surface area (Å²) in [4.78, 5) is 14.1. The fraction of sp³-hybridized carbons (Fsp3) is 0.533. The molecule has 5 heteroatoms. The average Bonchev–Trinajstić information content (AvgIpc) is 2.44. The third kappa shape index (κ3) is 3.32. The topological polar surface area (TPSA) is 55.6 Å². The number of carbonyl (C=O) groups excluding carboxylic acids is 1. The lowest BCUT2D eigenvalue weighted by Gasteiger charge is -2.40. The standard InChI is InChI=1S/C15H21ClN2O2/c1-20-10-4-9-18-14(19)8-7-13(17)15(18)11-5-2-3-6-12(11)16/h2-3,5-6,13,15H,4,7-10,17H2,1H3. The third-order valence-corrected chi connectivity index (χ3v) is 4.07.